The van der Waals surface area contributed by atoms with E-state index in [1.807, 2.05) is 36.1 Å². The minimum absolute atomic E-state index is 0.000142. The molecule has 1 fully saturated rings. The molecule has 1 amide bonds. The van der Waals surface area contributed by atoms with Gasteiger partial charge in [0.05, 0.1) is 13.0 Å². The first kappa shape index (κ1) is 18.0. The molecule has 4 nitrogen and oxygen atoms in total. The normalized spacial score (nSPS) is 16.7. The monoisotopic (exact) mass is 381 g/mol. The summed E-state index contributed by atoms with van der Waals surface area (Å²) in [4.78, 5) is 26.6. The summed E-state index contributed by atoms with van der Waals surface area (Å²) in [6.07, 6.45) is 5.53. The fraction of sp³-hybridized carbons (Fsp3) is 0.556. The number of carbonyl (C=O) groups excluding carboxylic acids is 2. The van der Waals surface area contributed by atoms with Gasteiger partial charge in [-0.05, 0) is 37.1 Å². The van der Waals surface area contributed by atoms with Crippen molar-refractivity contribution in [1.29, 1.82) is 0 Å². The van der Waals surface area contributed by atoms with E-state index in [0.29, 0.717) is 12.1 Å². The third-order valence-corrected chi connectivity index (χ3v) is 4.97. The number of amides is 1. The fourth-order valence-corrected chi connectivity index (χ4v) is 3.38. The minimum atomic E-state index is -0.318. The molecule has 0 aromatic heterocycles. The van der Waals surface area contributed by atoms with Crippen molar-refractivity contribution >= 4 is 27.8 Å². The number of nitrogens with zero attached hydrogens (tertiary/aromatic N) is 1. The van der Waals surface area contributed by atoms with E-state index in [-0.39, 0.29) is 23.8 Å². The molecule has 1 aromatic rings. The Kier molecular flexibility index (Phi) is 6.63. The summed E-state index contributed by atoms with van der Waals surface area (Å²) in [7, 11) is 1.39. The van der Waals surface area contributed by atoms with E-state index in [1.54, 1.807) is 0 Å². The molecule has 126 valence electrons. The van der Waals surface area contributed by atoms with E-state index < -0.39 is 0 Å². The predicted octanol–water partition coefficient (Wildman–Crippen LogP) is 4.03. The lowest BCUT2D eigenvalue weighted by atomic mass is 9.93. The number of hydrogen-bond acceptors (Lipinski definition) is 3. The number of ether oxygens (including phenoxy) is 1. The molecule has 0 saturated heterocycles. The summed E-state index contributed by atoms with van der Waals surface area (Å²) in [6, 6.07) is 7.61. The molecular formula is C18H24BrNO3. The predicted molar refractivity (Wildman–Crippen MR) is 93.2 cm³/mol. The first-order chi connectivity index (χ1) is 11.0. The zero-order chi connectivity index (χ0) is 16.8. The van der Waals surface area contributed by atoms with E-state index in [4.69, 9.17) is 4.74 Å². The zero-order valence-electron chi connectivity index (χ0n) is 13.8. The van der Waals surface area contributed by atoms with Crippen molar-refractivity contribution < 1.29 is 14.3 Å². The Bertz CT molecular complexity index is 538. The van der Waals surface area contributed by atoms with Gasteiger partial charge in [-0.15, -0.1) is 0 Å². The standard InChI is InChI=1S/C18H24BrNO3/c1-13(18(22)23-2)12-20(16-6-4-3-5-7-16)17(21)14-8-10-15(19)11-9-14/h8-11,13,16H,3-7,12H2,1-2H3. The highest BCUT2D eigenvalue weighted by Crippen LogP contribution is 2.25. The van der Waals surface area contributed by atoms with Crippen LogP contribution in [0.15, 0.2) is 28.7 Å². The fourth-order valence-electron chi connectivity index (χ4n) is 3.12. The van der Waals surface area contributed by atoms with Gasteiger partial charge in [-0.1, -0.05) is 42.1 Å². The van der Waals surface area contributed by atoms with Crippen LogP contribution in [0.3, 0.4) is 0 Å². The van der Waals surface area contributed by atoms with E-state index in [1.165, 1.54) is 13.5 Å². The maximum absolute atomic E-state index is 13.0. The van der Waals surface area contributed by atoms with Crippen LogP contribution >= 0.6 is 15.9 Å². The van der Waals surface area contributed by atoms with Gasteiger partial charge in [0, 0.05) is 22.6 Å². The first-order valence-corrected chi connectivity index (χ1v) is 8.96. The summed E-state index contributed by atoms with van der Waals surface area (Å²) < 4.78 is 5.76. The average Bonchev–Trinajstić information content (AvgIpc) is 2.59. The third kappa shape index (κ3) is 4.80. The Morgan fingerprint density at radius 3 is 2.39 bits per heavy atom. The molecule has 1 aliphatic carbocycles. The van der Waals surface area contributed by atoms with E-state index in [0.717, 1.165) is 30.2 Å². The Labute approximate surface area is 146 Å². The van der Waals surface area contributed by atoms with Gasteiger partial charge in [0.2, 0.25) is 0 Å². The highest BCUT2D eigenvalue weighted by atomic mass is 79.9. The second-order valence-electron chi connectivity index (χ2n) is 6.18. The van der Waals surface area contributed by atoms with Crippen molar-refractivity contribution in [3.63, 3.8) is 0 Å². The summed E-state index contributed by atoms with van der Waals surface area (Å²) in [5.41, 5.74) is 0.663. The van der Waals surface area contributed by atoms with Gasteiger partial charge in [0.15, 0.2) is 0 Å². The molecule has 0 N–H and O–H groups in total. The second-order valence-corrected chi connectivity index (χ2v) is 7.10. The van der Waals surface area contributed by atoms with E-state index >= 15 is 0 Å². The first-order valence-electron chi connectivity index (χ1n) is 8.17. The van der Waals surface area contributed by atoms with E-state index in [2.05, 4.69) is 15.9 Å². The van der Waals surface area contributed by atoms with Gasteiger partial charge in [0.25, 0.3) is 5.91 Å². The van der Waals surface area contributed by atoms with Crippen molar-refractivity contribution in [2.24, 2.45) is 5.92 Å². The molecule has 1 aromatic carbocycles. The summed E-state index contributed by atoms with van der Waals surface area (Å²) in [5, 5.41) is 0. The highest BCUT2D eigenvalue weighted by Gasteiger charge is 2.29. The lowest BCUT2D eigenvalue weighted by molar-refractivity contribution is -0.145. The van der Waals surface area contributed by atoms with Crippen LogP contribution in [-0.2, 0) is 9.53 Å². The van der Waals surface area contributed by atoms with Gasteiger partial charge < -0.3 is 9.64 Å². The summed E-state index contributed by atoms with van der Waals surface area (Å²) in [5.74, 6) is -0.587. The lowest BCUT2D eigenvalue weighted by Gasteiger charge is -2.35. The molecule has 1 atom stereocenters. The smallest absolute Gasteiger partial charge is 0.310 e. The molecule has 23 heavy (non-hydrogen) atoms. The third-order valence-electron chi connectivity index (χ3n) is 4.44. The average molecular weight is 382 g/mol. The number of halogens is 1. The number of esters is 1. The van der Waals surface area contributed by atoms with Gasteiger partial charge in [-0.3, -0.25) is 9.59 Å². The maximum Gasteiger partial charge on any atom is 0.310 e. The molecule has 0 radical (unpaired) electrons. The highest BCUT2D eigenvalue weighted by molar-refractivity contribution is 9.10. The van der Waals surface area contributed by atoms with Gasteiger partial charge in [-0.25, -0.2) is 0 Å². The number of rotatable bonds is 5. The molecule has 0 heterocycles. The topological polar surface area (TPSA) is 46.6 Å². The van der Waals surface area contributed by atoms with E-state index in [9.17, 15) is 9.59 Å². The van der Waals surface area contributed by atoms with Crippen LogP contribution in [0.4, 0.5) is 0 Å². The van der Waals surface area contributed by atoms with Crippen LogP contribution in [0.25, 0.3) is 0 Å². The molecule has 1 unspecified atom stereocenters. The molecule has 1 aliphatic rings. The van der Waals surface area contributed by atoms with Gasteiger partial charge >= 0.3 is 5.97 Å². The van der Waals surface area contributed by atoms with Crippen LogP contribution in [0.2, 0.25) is 0 Å². The number of methoxy groups -OCH3 is 1. The second kappa shape index (κ2) is 8.48. The molecule has 0 bridgehead atoms. The molecule has 0 spiro atoms. The van der Waals surface area contributed by atoms with Crippen molar-refractivity contribution in [1.82, 2.24) is 4.90 Å². The molecular weight excluding hydrogens is 358 g/mol. The quantitative estimate of drug-likeness (QED) is 0.723. The zero-order valence-corrected chi connectivity index (χ0v) is 15.3. The molecule has 5 heteroatoms. The Balaban J connectivity index is 2.19. The lowest BCUT2D eigenvalue weighted by Crippen LogP contribution is -2.45. The Morgan fingerprint density at radius 2 is 1.83 bits per heavy atom. The van der Waals surface area contributed by atoms with Crippen molar-refractivity contribution in [3.8, 4) is 0 Å². The number of benzene rings is 1. The minimum Gasteiger partial charge on any atom is -0.469 e. The van der Waals surface area contributed by atoms with Crippen LogP contribution in [-0.4, -0.2) is 36.5 Å². The van der Waals surface area contributed by atoms with Crippen LogP contribution in [0.1, 0.15) is 49.4 Å². The van der Waals surface area contributed by atoms with Crippen molar-refractivity contribution in [2.45, 2.75) is 45.1 Å². The molecule has 0 aliphatic heterocycles. The summed E-state index contributed by atoms with van der Waals surface area (Å²) in [6.45, 7) is 2.22. The summed E-state index contributed by atoms with van der Waals surface area (Å²) >= 11 is 3.39. The molecule has 2 rings (SSSR count). The van der Waals surface area contributed by atoms with Crippen LogP contribution < -0.4 is 0 Å². The molecule has 1 saturated carbocycles. The Hall–Kier alpha value is -1.36. The van der Waals surface area contributed by atoms with Crippen molar-refractivity contribution in [3.05, 3.63) is 34.3 Å². The number of hydrogen-bond donors (Lipinski definition) is 0. The largest absolute Gasteiger partial charge is 0.469 e. The maximum atomic E-state index is 13.0. The van der Waals surface area contributed by atoms with Crippen LogP contribution in [0.5, 0.6) is 0 Å². The SMILES string of the molecule is COC(=O)C(C)CN(C(=O)c1ccc(Br)cc1)C1CCCCC1. The Morgan fingerprint density at radius 1 is 1.22 bits per heavy atom. The van der Waals surface area contributed by atoms with Crippen molar-refractivity contribution in [2.75, 3.05) is 13.7 Å². The number of carbonyl (C=O) groups is 2. The van der Waals surface area contributed by atoms with Gasteiger partial charge in [0.1, 0.15) is 0 Å². The van der Waals surface area contributed by atoms with Crippen LogP contribution in [0, 0.1) is 5.92 Å². The van der Waals surface area contributed by atoms with Gasteiger partial charge in [-0.2, -0.15) is 0 Å².